The van der Waals surface area contributed by atoms with Crippen molar-refractivity contribution in [3.63, 3.8) is 0 Å². The van der Waals surface area contributed by atoms with Crippen molar-refractivity contribution < 1.29 is 0 Å². The Morgan fingerprint density at radius 3 is 1.71 bits per heavy atom. The predicted octanol–water partition coefficient (Wildman–Crippen LogP) is 3.66. The lowest BCUT2D eigenvalue weighted by Crippen LogP contribution is -2.68. The van der Waals surface area contributed by atoms with Gasteiger partial charge in [0.25, 0.3) is 0 Å². The Bertz CT molecular complexity index is 359. The minimum Gasteiger partial charge on any atom is -0.329 e. The second-order valence-electron chi connectivity index (χ2n) is 7.12. The zero-order valence-electron chi connectivity index (χ0n) is 12.4. The molecule has 1 aromatic rings. The van der Waals surface area contributed by atoms with Crippen molar-refractivity contribution in [2.45, 2.75) is 58.7 Å². The molecule has 0 fully saturated rings. The van der Waals surface area contributed by atoms with Crippen LogP contribution < -0.4 is 10.2 Å². The second kappa shape index (κ2) is 4.58. The van der Waals surface area contributed by atoms with Crippen LogP contribution in [0.4, 0.5) is 0 Å². The average Bonchev–Trinajstić information content (AvgIpc) is 2.14. The summed E-state index contributed by atoms with van der Waals surface area (Å²) in [6, 6.07) is 10.9. The second-order valence-corrected chi connectivity index (χ2v) is 11.7. The molecule has 0 heterocycles. The SMILES string of the molecule is CC(C)(C)N[Si](C)(c1ccccc1)C(C)(C)C. The zero-order chi connectivity index (χ0) is 13.3. The highest BCUT2D eigenvalue weighted by Gasteiger charge is 2.43. The topological polar surface area (TPSA) is 12.0 Å². The third-order valence-corrected chi connectivity index (χ3v) is 9.21. The van der Waals surface area contributed by atoms with Crippen molar-refractivity contribution >= 4 is 13.4 Å². The van der Waals surface area contributed by atoms with E-state index in [1.54, 1.807) is 0 Å². The Hall–Kier alpha value is -0.603. The first-order valence-corrected chi connectivity index (χ1v) is 8.91. The fraction of sp³-hybridized carbons (Fsp3) is 0.600. The van der Waals surface area contributed by atoms with Gasteiger partial charge in [-0.15, -0.1) is 0 Å². The highest BCUT2D eigenvalue weighted by Crippen LogP contribution is 2.35. The highest BCUT2D eigenvalue weighted by molar-refractivity contribution is 6.91. The van der Waals surface area contributed by atoms with E-state index in [-0.39, 0.29) is 5.54 Å². The maximum atomic E-state index is 3.93. The first-order valence-electron chi connectivity index (χ1n) is 6.41. The molecule has 0 aliphatic rings. The molecule has 0 spiro atoms. The number of nitrogens with one attached hydrogen (secondary N) is 1. The van der Waals surface area contributed by atoms with Gasteiger partial charge in [0.2, 0.25) is 0 Å². The molecular weight excluding hydrogens is 222 g/mol. The molecule has 0 aliphatic heterocycles. The molecule has 1 N–H and O–H groups in total. The standard InChI is InChI=1S/C15H27NSi/c1-14(2,3)16-17(7,15(4,5)6)13-11-9-8-10-12-13/h8-12,16H,1-7H3. The van der Waals surface area contributed by atoms with E-state index in [9.17, 15) is 0 Å². The summed E-state index contributed by atoms with van der Waals surface area (Å²) in [6.07, 6.45) is 0. The van der Waals surface area contributed by atoms with Crippen molar-refractivity contribution in [1.82, 2.24) is 4.98 Å². The van der Waals surface area contributed by atoms with E-state index in [2.05, 4.69) is 83.4 Å². The van der Waals surface area contributed by atoms with E-state index in [0.717, 1.165) is 0 Å². The highest BCUT2D eigenvalue weighted by atomic mass is 28.3. The van der Waals surface area contributed by atoms with Gasteiger partial charge in [-0.25, -0.2) is 0 Å². The number of hydrogen-bond donors (Lipinski definition) is 1. The fourth-order valence-electron chi connectivity index (χ4n) is 2.21. The van der Waals surface area contributed by atoms with Crippen LogP contribution in [0.1, 0.15) is 41.5 Å². The summed E-state index contributed by atoms with van der Waals surface area (Å²) in [5.74, 6) is 0. The van der Waals surface area contributed by atoms with Crippen LogP contribution in [-0.4, -0.2) is 13.8 Å². The van der Waals surface area contributed by atoms with Gasteiger partial charge in [-0.3, -0.25) is 0 Å². The van der Waals surface area contributed by atoms with Crippen LogP contribution in [0.2, 0.25) is 11.6 Å². The van der Waals surface area contributed by atoms with Gasteiger partial charge in [-0.1, -0.05) is 57.7 Å². The number of benzene rings is 1. The summed E-state index contributed by atoms with van der Waals surface area (Å²) in [4.78, 5) is 3.93. The summed E-state index contributed by atoms with van der Waals surface area (Å²) in [5.41, 5.74) is 0.157. The Morgan fingerprint density at radius 2 is 1.35 bits per heavy atom. The molecular formula is C15H27NSi. The molecule has 96 valence electrons. The molecule has 0 saturated heterocycles. The van der Waals surface area contributed by atoms with Crippen molar-refractivity contribution in [3.8, 4) is 0 Å². The molecule has 1 rings (SSSR count). The maximum Gasteiger partial charge on any atom is 0.160 e. The Kier molecular flexibility index (Phi) is 3.90. The van der Waals surface area contributed by atoms with Gasteiger partial charge in [-0.2, -0.15) is 0 Å². The van der Waals surface area contributed by atoms with E-state index in [1.807, 2.05) is 0 Å². The lowest BCUT2D eigenvalue weighted by Gasteiger charge is -2.45. The summed E-state index contributed by atoms with van der Waals surface area (Å²) < 4.78 is 0. The van der Waals surface area contributed by atoms with Gasteiger partial charge < -0.3 is 4.98 Å². The summed E-state index contributed by atoms with van der Waals surface area (Å²) in [7, 11) is -1.71. The van der Waals surface area contributed by atoms with E-state index in [0.29, 0.717) is 5.04 Å². The average molecular weight is 249 g/mol. The van der Waals surface area contributed by atoms with Crippen molar-refractivity contribution in [2.75, 3.05) is 0 Å². The lowest BCUT2D eigenvalue weighted by atomic mass is 10.1. The molecule has 2 heteroatoms. The molecule has 1 atom stereocenters. The monoisotopic (exact) mass is 249 g/mol. The normalized spacial score (nSPS) is 16.6. The molecule has 0 aliphatic carbocycles. The largest absolute Gasteiger partial charge is 0.329 e. The quantitative estimate of drug-likeness (QED) is 0.789. The summed E-state index contributed by atoms with van der Waals surface area (Å²) in [6.45, 7) is 16.3. The van der Waals surface area contributed by atoms with Gasteiger partial charge in [0.05, 0.1) is 0 Å². The smallest absolute Gasteiger partial charge is 0.160 e. The first kappa shape index (κ1) is 14.5. The zero-order valence-corrected chi connectivity index (χ0v) is 13.4. The molecule has 1 nitrogen and oxygen atoms in total. The Balaban J connectivity index is 3.22. The lowest BCUT2D eigenvalue weighted by molar-refractivity contribution is 0.497. The van der Waals surface area contributed by atoms with Crippen LogP contribution in [-0.2, 0) is 0 Å². The Labute approximate surface area is 108 Å². The molecule has 1 unspecified atom stereocenters. The molecule has 17 heavy (non-hydrogen) atoms. The number of hydrogen-bond acceptors (Lipinski definition) is 1. The van der Waals surface area contributed by atoms with Crippen molar-refractivity contribution in [2.24, 2.45) is 0 Å². The van der Waals surface area contributed by atoms with Crippen LogP contribution in [0.25, 0.3) is 0 Å². The van der Waals surface area contributed by atoms with Crippen LogP contribution in [0, 0.1) is 0 Å². The maximum absolute atomic E-state index is 3.93. The van der Waals surface area contributed by atoms with E-state index >= 15 is 0 Å². The van der Waals surface area contributed by atoms with E-state index in [1.165, 1.54) is 5.19 Å². The molecule has 0 aromatic heterocycles. The molecule has 0 amide bonds. The first-order chi connectivity index (χ1) is 7.56. The van der Waals surface area contributed by atoms with Crippen molar-refractivity contribution in [3.05, 3.63) is 30.3 Å². The van der Waals surface area contributed by atoms with Gasteiger partial charge in [-0.05, 0) is 31.0 Å². The number of rotatable bonds is 2. The predicted molar refractivity (Wildman–Crippen MR) is 80.3 cm³/mol. The molecule has 1 aromatic carbocycles. The van der Waals surface area contributed by atoms with Crippen LogP contribution in [0.5, 0.6) is 0 Å². The van der Waals surface area contributed by atoms with E-state index < -0.39 is 8.24 Å². The van der Waals surface area contributed by atoms with Gasteiger partial charge >= 0.3 is 0 Å². The summed E-state index contributed by atoms with van der Waals surface area (Å²) >= 11 is 0. The minimum atomic E-state index is -1.71. The molecule has 0 radical (unpaired) electrons. The third-order valence-electron chi connectivity index (χ3n) is 3.48. The fourth-order valence-corrected chi connectivity index (χ4v) is 5.96. The van der Waals surface area contributed by atoms with Crippen LogP contribution in [0.3, 0.4) is 0 Å². The van der Waals surface area contributed by atoms with Crippen molar-refractivity contribution in [1.29, 1.82) is 0 Å². The van der Waals surface area contributed by atoms with Gasteiger partial charge in [0, 0.05) is 5.54 Å². The summed E-state index contributed by atoms with van der Waals surface area (Å²) in [5, 5.41) is 1.78. The molecule has 0 bridgehead atoms. The van der Waals surface area contributed by atoms with Crippen LogP contribution >= 0.6 is 0 Å². The Morgan fingerprint density at radius 1 is 0.882 bits per heavy atom. The van der Waals surface area contributed by atoms with Crippen LogP contribution in [0.15, 0.2) is 30.3 Å². The minimum absolute atomic E-state index is 0.157. The van der Waals surface area contributed by atoms with E-state index in [4.69, 9.17) is 0 Å². The molecule has 0 saturated carbocycles. The van der Waals surface area contributed by atoms with Gasteiger partial charge in [0.15, 0.2) is 8.24 Å². The third kappa shape index (κ3) is 3.43. The van der Waals surface area contributed by atoms with Gasteiger partial charge in [0.1, 0.15) is 0 Å².